The predicted molar refractivity (Wildman–Crippen MR) is 184 cm³/mol. The molecular formula is C39H51N3O5. The summed E-state index contributed by atoms with van der Waals surface area (Å²) in [7, 11) is 0. The molecule has 2 fully saturated rings. The van der Waals surface area contributed by atoms with Crippen molar-refractivity contribution in [3.63, 3.8) is 0 Å². The van der Waals surface area contributed by atoms with Crippen molar-refractivity contribution in [2.24, 2.45) is 5.92 Å². The van der Waals surface area contributed by atoms with Crippen molar-refractivity contribution >= 4 is 11.8 Å². The molecule has 2 heterocycles. The second-order valence-corrected chi connectivity index (χ2v) is 13.1. The SMILES string of the molecule is CC(=O)NCCCCCC(=O)NCc1cccc(-c2cccc([C@H]3O[C@@H](CN4CCCCC4)[C@@H](C)[C@@H](c4ccc(CO)cc4)O3)c2)c1. The number of likely N-dealkylation sites (tertiary alicyclic amines) is 1. The fourth-order valence-corrected chi connectivity index (χ4v) is 6.59. The van der Waals surface area contributed by atoms with Crippen LogP contribution in [0.25, 0.3) is 11.1 Å². The normalized spacial score (nSPS) is 21.7. The lowest BCUT2D eigenvalue weighted by Crippen LogP contribution is -2.45. The molecule has 47 heavy (non-hydrogen) atoms. The van der Waals surface area contributed by atoms with Gasteiger partial charge in [-0.3, -0.25) is 9.59 Å². The average Bonchev–Trinajstić information content (AvgIpc) is 3.10. The number of unbranched alkanes of at least 4 members (excludes halogenated alkanes) is 2. The quantitative estimate of drug-likeness (QED) is 0.175. The molecule has 5 rings (SSSR count). The molecular weight excluding hydrogens is 590 g/mol. The second-order valence-electron chi connectivity index (χ2n) is 13.1. The summed E-state index contributed by atoms with van der Waals surface area (Å²) < 4.78 is 13.5. The van der Waals surface area contributed by atoms with Crippen molar-refractivity contribution in [2.45, 2.75) is 90.4 Å². The molecule has 0 radical (unpaired) electrons. The minimum Gasteiger partial charge on any atom is -0.392 e. The smallest absolute Gasteiger partial charge is 0.220 e. The second kappa shape index (κ2) is 17.6. The van der Waals surface area contributed by atoms with Crippen molar-refractivity contribution in [2.75, 3.05) is 26.2 Å². The number of benzene rings is 3. The summed E-state index contributed by atoms with van der Waals surface area (Å²) in [5.74, 6) is 0.179. The third-order valence-corrected chi connectivity index (χ3v) is 9.37. The van der Waals surface area contributed by atoms with Crippen LogP contribution < -0.4 is 10.6 Å². The van der Waals surface area contributed by atoms with E-state index >= 15 is 0 Å². The molecule has 0 spiro atoms. The van der Waals surface area contributed by atoms with Crippen LogP contribution in [-0.2, 0) is 32.2 Å². The number of carbonyl (C=O) groups is 2. The van der Waals surface area contributed by atoms with Gasteiger partial charge < -0.3 is 30.1 Å². The minimum atomic E-state index is -0.510. The number of nitrogens with zero attached hydrogens (tertiary/aromatic N) is 1. The number of aliphatic hydroxyl groups is 1. The van der Waals surface area contributed by atoms with Gasteiger partial charge in [0.15, 0.2) is 6.29 Å². The van der Waals surface area contributed by atoms with Gasteiger partial charge in [0, 0.05) is 44.5 Å². The first-order chi connectivity index (χ1) is 22.9. The Morgan fingerprint density at radius 1 is 0.830 bits per heavy atom. The van der Waals surface area contributed by atoms with Crippen LogP contribution in [0.1, 0.15) is 93.4 Å². The lowest BCUT2D eigenvalue weighted by Gasteiger charge is -2.43. The summed E-state index contributed by atoms with van der Waals surface area (Å²) in [6.07, 6.45) is 6.20. The summed E-state index contributed by atoms with van der Waals surface area (Å²) in [5, 5.41) is 15.4. The van der Waals surface area contributed by atoms with Gasteiger partial charge in [-0.2, -0.15) is 0 Å². The van der Waals surface area contributed by atoms with E-state index in [4.69, 9.17) is 9.47 Å². The van der Waals surface area contributed by atoms with Crippen LogP contribution >= 0.6 is 0 Å². The van der Waals surface area contributed by atoms with Gasteiger partial charge in [0.25, 0.3) is 0 Å². The van der Waals surface area contributed by atoms with E-state index < -0.39 is 6.29 Å². The largest absolute Gasteiger partial charge is 0.392 e. The summed E-state index contributed by atoms with van der Waals surface area (Å²) in [6, 6.07) is 24.8. The molecule has 2 aliphatic rings. The molecule has 8 heteroatoms. The first kappa shape index (κ1) is 34.8. The first-order valence-electron chi connectivity index (χ1n) is 17.3. The van der Waals surface area contributed by atoms with Crippen LogP contribution in [-0.4, -0.2) is 54.1 Å². The number of carbonyl (C=O) groups excluding carboxylic acids is 2. The number of piperidine rings is 1. The maximum Gasteiger partial charge on any atom is 0.220 e. The van der Waals surface area contributed by atoms with Gasteiger partial charge in [-0.1, -0.05) is 80.4 Å². The Hall–Kier alpha value is -3.56. The van der Waals surface area contributed by atoms with Crippen LogP contribution in [0.2, 0.25) is 0 Å². The van der Waals surface area contributed by atoms with Crippen molar-refractivity contribution in [3.8, 4) is 11.1 Å². The highest BCUT2D eigenvalue weighted by molar-refractivity contribution is 5.76. The maximum atomic E-state index is 12.4. The molecule has 0 bridgehead atoms. The zero-order chi connectivity index (χ0) is 33.0. The van der Waals surface area contributed by atoms with Crippen LogP contribution in [0, 0.1) is 5.92 Å². The van der Waals surface area contributed by atoms with Gasteiger partial charge in [-0.15, -0.1) is 0 Å². The fourth-order valence-electron chi connectivity index (χ4n) is 6.59. The van der Waals surface area contributed by atoms with E-state index in [-0.39, 0.29) is 36.5 Å². The predicted octanol–water partition coefficient (Wildman–Crippen LogP) is 6.44. The number of rotatable bonds is 14. The van der Waals surface area contributed by atoms with Crippen molar-refractivity contribution in [3.05, 3.63) is 95.1 Å². The maximum absolute atomic E-state index is 12.4. The number of hydrogen-bond acceptors (Lipinski definition) is 6. The number of amides is 2. The average molecular weight is 642 g/mol. The molecule has 0 aliphatic carbocycles. The van der Waals surface area contributed by atoms with Gasteiger partial charge in [0.05, 0.1) is 18.8 Å². The first-order valence-corrected chi connectivity index (χ1v) is 17.3. The standard InChI is InChI=1S/C39H51N3O5/c1-28-36(26-42-21-7-4-8-22-42)46-39(47-38(28)32-18-16-30(27-43)17-19-32)35-14-10-13-34(24-35)33-12-9-11-31(23-33)25-41-37(45)15-5-3-6-20-40-29(2)44/h9-14,16-19,23-24,28,36,38-39,43H,3-8,15,20-22,25-27H2,1-2H3,(H,40,44)(H,41,45)/t28-,36+,38+,39+/m1/s1. The van der Waals surface area contributed by atoms with Crippen molar-refractivity contribution in [1.29, 1.82) is 0 Å². The molecule has 2 aliphatic heterocycles. The lowest BCUT2D eigenvalue weighted by molar-refractivity contribution is -0.276. The molecule has 3 aromatic carbocycles. The molecule has 0 unspecified atom stereocenters. The summed E-state index contributed by atoms with van der Waals surface area (Å²) in [4.78, 5) is 26.0. The zero-order valence-electron chi connectivity index (χ0n) is 28.0. The van der Waals surface area contributed by atoms with E-state index in [0.717, 1.165) is 72.3 Å². The lowest BCUT2D eigenvalue weighted by atomic mass is 9.89. The van der Waals surface area contributed by atoms with Gasteiger partial charge >= 0.3 is 0 Å². The molecule has 2 amide bonds. The monoisotopic (exact) mass is 641 g/mol. The van der Waals surface area contributed by atoms with Crippen LogP contribution in [0.15, 0.2) is 72.8 Å². The Labute approximate surface area is 279 Å². The minimum absolute atomic E-state index is 0.0159. The van der Waals surface area contributed by atoms with Crippen molar-refractivity contribution < 1.29 is 24.2 Å². The van der Waals surface area contributed by atoms with E-state index in [0.29, 0.717) is 19.5 Å². The summed E-state index contributed by atoms with van der Waals surface area (Å²) in [6.45, 7) is 8.00. The molecule has 0 aromatic heterocycles. The summed E-state index contributed by atoms with van der Waals surface area (Å²) in [5.41, 5.74) is 6.15. The van der Waals surface area contributed by atoms with Crippen molar-refractivity contribution in [1.82, 2.24) is 15.5 Å². The number of hydrogen-bond donors (Lipinski definition) is 3. The highest BCUT2D eigenvalue weighted by atomic mass is 16.7. The molecule has 3 aromatic rings. The Bertz CT molecular complexity index is 1440. The van der Waals surface area contributed by atoms with Gasteiger partial charge in [0.1, 0.15) is 0 Å². The van der Waals surface area contributed by atoms with Crippen LogP contribution in [0.4, 0.5) is 0 Å². The van der Waals surface area contributed by atoms with Gasteiger partial charge in [0.2, 0.25) is 11.8 Å². The Morgan fingerprint density at radius 3 is 2.32 bits per heavy atom. The Balaban J connectivity index is 1.25. The van der Waals surface area contributed by atoms with E-state index in [2.05, 4.69) is 71.0 Å². The number of ether oxygens (including phenoxy) is 2. The van der Waals surface area contributed by atoms with E-state index in [1.165, 1.54) is 26.2 Å². The molecule has 8 nitrogen and oxygen atoms in total. The van der Waals surface area contributed by atoms with E-state index in [9.17, 15) is 14.7 Å². The highest BCUT2D eigenvalue weighted by Gasteiger charge is 2.39. The van der Waals surface area contributed by atoms with Crippen LogP contribution in [0.5, 0.6) is 0 Å². The zero-order valence-corrected chi connectivity index (χ0v) is 28.0. The fraction of sp³-hybridized carbons (Fsp3) is 0.487. The molecule has 3 N–H and O–H groups in total. The van der Waals surface area contributed by atoms with E-state index in [1.54, 1.807) is 0 Å². The third-order valence-electron chi connectivity index (χ3n) is 9.37. The number of nitrogens with one attached hydrogen (secondary N) is 2. The highest BCUT2D eigenvalue weighted by Crippen LogP contribution is 2.42. The number of aliphatic hydroxyl groups excluding tert-OH is 1. The molecule has 2 saturated heterocycles. The molecule has 252 valence electrons. The van der Waals surface area contributed by atoms with Crippen LogP contribution in [0.3, 0.4) is 0 Å². The Kier molecular flexibility index (Phi) is 13.0. The molecule has 4 atom stereocenters. The molecule has 0 saturated carbocycles. The Morgan fingerprint density at radius 2 is 1.57 bits per heavy atom. The topological polar surface area (TPSA) is 100 Å². The van der Waals surface area contributed by atoms with E-state index in [1.807, 2.05) is 24.3 Å². The van der Waals surface area contributed by atoms with Gasteiger partial charge in [-0.25, -0.2) is 0 Å². The third kappa shape index (κ3) is 10.2. The van der Waals surface area contributed by atoms with Gasteiger partial charge in [-0.05, 0) is 78.7 Å². The summed E-state index contributed by atoms with van der Waals surface area (Å²) >= 11 is 0.